The van der Waals surface area contributed by atoms with Crippen molar-refractivity contribution >= 4 is 26.5 Å². The summed E-state index contributed by atoms with van der Waals surface area (Å²) < 4.78 is 39.4. The maximum atomic E-state index is 12.5. The second kappa shape index (κ2) is 6.60. The number of sulfonamides is 1. The van der Waals surface area contributed by atoms with E-state index in [2.05, 4.69) is 9.71 Å². The first kappa shape index (κ1) is 17.0. The lowest BCUT2D eigenvalue weighted by Crippen LogP contribution is -2.12. The van der Waals surface area contributed by atoms with E-state index in [0.29, 0.717) is 28.3 Å². The Morgan fingerprint density at radius 1 is 1.00 bits per heavy atom. The first-order chi connectivity index (χ1) is 12.0. The van der Waals surface area contributed by atoms with Crippen LogP contribution in [-0.4, -0.2) is 28.5 Å². The Balaban J connectivity index is 2.01. The Labute approximate surface area is 146 Å². The number of anilines is 1. The van der Waals surface area contributed by atoms with E-state index < -0.39 is 10.0 Å². The van der Waals surface area contributed by atoms with Gasteiger partial charge in [0.15, 0.2) is 0 Å². The van der Waals surface area contributed by atoms with E-state index in [1.807, 2.05) is 6.07 Å². The fourth-order valence-corrected chi connectivity index (χ4v) is 4.07. The van der Waals surface area contributed by atoms with Gasteiger partial charge < -0.3 is 14.8 Å². The van der Waals surface area contributed by atoms with Crippen LogP contribution < -0.4 is 14.8 Å². The van der Waals surface area contributed by atoms with Crippen molar-refractivity contribution in [1.29, 1.82) is 0 Å². The Morgan fingerprint density at radius 2 is 1.72 bits per heavy atom. The third-order valence-electron chi connectivity index (χ3n) is 3.86. The SMILES string of the molecule is COc1ccc(NC2=NS(=O)(=O)C(c3ccccc3)=C2C)c(OC)c1. The average Bonchev–Trinajstić information content (AvgIpc) is 2.84. The number of ether oxygens (including phenoxy) is 2. The van der Waals surface area contributed by atoms with Gasteiger partial charge in [0.25, 0.3) is 10.0 Å². The summed E-state index contributed by atoms with van der Waals surface area (Å²) in [5, 5.41) is 3.05. The van der Waals surface area contributed by atoms with Crippen LogP contribution in [0.3, 0.4) is 0 Å². The largest absolute Gasteiger partial charge is 0.497 e. The van der Waals surface area contributed by atoms with Crippen LogP contribution in [0, 0.1) is 0 Å². The third kappa shape index (κ3) is 3.23. The zero-order valence-corrected chi connectivity index (χ0v) is 14.9. The predicted molar refractivity (Wildman–Crippen MR) is 98.6 cm³/mol. The van der Waals surface area contributed by atoms with Crippen molar-refractivity contribution in [2.75, 3.05) is 19.5 Å². The number of nitrogens with zero attached hydrogens (tertiary/aromatic N) is 1. The molecule has 0 aromatic heterocycles. The quantitative estimate of drug-likeness (QED) is 0.907. The highest BCUT2D eigenvalue weighted by Crippen LogP contribution is 2.35. The van der Waals surface area contributed by atoms with Gasteiger partial charge in [-0.15, -0.1) is 4.40 Å². The molecule has 0 unspecified atom stereocenters. The monoisotopic (exact) mass is 358 g/mol. The molecule has 0 saturated heterocycles. The number of benzene rings is 2. The van der Waals surface area contributed by atoms with Crippen molar-refractivity contribution in [1.82, 2.24) is 0 Å². The third-order valence-corrected chi connectivity index (χ3v) is 5.34. The molecule has 0 amide bonds. The Morgan fingerprint density at radius 3 is 2.36 bits per heavy atom. The van der Waals surface area contributed by atoms with E-state index in [9.17, 15) is 8.42 Å². The van der Waals surface area contributed by atoms with Crippen molar-refractivity contribution in [3.8, 4) is 11.5 Å². The molecule has 0 fully saturated rings. The molecule has 0 saturated carbocycles. The summed E-state index contributed by atoms with van der Waals surface area (Å²) in [6.07, 6.45) is 0. The van der Waals surface area contributed by atoms with Crippen molar-refractivity contribution in [2.24, 2.45) is 4.40 Å². The van der Waals surface area contributed by atoms with Gasteiger partial charge in [0.2, 0.25) is 0 Å². The first-order valence-corrected chi connectivity index (χ1v) is 9.01. The molecule has 25 heavy (non-hydrogen) atoms. The molecule has 0 aliphatic carbocycles. The van der Waals surface area contributed by atoms with Gasteiger partial charge in [-0.2, -0.15) is 8.42 Å². The minimum absolute atomic E-state index is 0.211. The lowest BCUT2D eigenvalue weighted by atomic mass is 10.1. The normalized spacial score (nSPS) is 15.7. The number of methoxy groups -OCH3 is 2. The van der Waals surface area contributed by atoms with Crippen molar-refractivity contribution in [2.45, 2.75) is 6.92 Å². The zero-order chi connectivity index (χ0) is 18.0. The Hall–Kier alpha value is -2.80. The summed E-state index contributed by atoms with van der Waals surface area (Å²) >= 11 is 0. The number of hydrogen-bond acceptors (Lipinski definition) is 5. The average molecular weight is 358 g/mol. The molecule has 0 spiro atoms. The fourth-order valence-electron chi connectivity index (χ4n) is 2.64. The first-order valence-electron chi connectivity index (χ1n) is 7.57. The van der Waals surface area contributed by atoms with Gasteiger partial charge in [-0.3, -0.25) is 0 Å². The van der Waals surface area contributed by atoms with Crippen LogP contribution in [0.1, 0.15) is 12.5 Å². The van der Waals surface area contributed by atoms with Gasteiger partial charge in [0, 0.05) is 11.6 Å². The fraction of sp³-hybridized carbons (Fsp3) is 0.167. The summed E-state index contributed by atoms with van der Waals surface area (Å²) in [6.45, 7) is 1.73. The molecule has 2 aromatic carbocycles. The summed E-state index contributed by atoms with van der Waals surface area (Å²) in [7, 11) is -0.654. The van der Waals surface area contributed by atoms with Gasteiger partial charge >= 0.3 is 0 Å². The molecule has 0 radical (unpaired) electrons. The molecule has 0 atom stereocenters. The standard InChI is InChI=1S/C18H18N2O4S/c1-12-17(13-7-5-4-6-8-13)25(21,22)20-18(12)19-15-10-9-14(23-2)11-16(15)24-3/h4-11H,1-3H3,(H,19,20). The molecule has 3 rings (SSSR count). The second-order valence-electron chi connectivity index (χ2n) is 5.43. The minimum atomic E-state index is -3.75. The maximum absolute atomic E-state index is 12.5. The predicted octanol–water partition coefficient (Wildman–Crippen LogP) is 3.29. The van der Waals surface area contributed by atoms with Crippen molar-refractivity contribution in [3.05, 3.63) is 59.7 Å². The van der Waals surface area contributed by atoms with Crippen molar-refractivity contribution < 1.29 is 17.9 Å². The smallest absolute Gasteiger partial charge is 0.285 e. The van der Waals surface area contributed by atoms with Crippen LogP contribution in [0.25, 0.3) is 4.91 Å². The number of amidine groups is 1. The van der Waals surface area contributed by atoms with Crippen LogP contribution in [0.5, 0.6) is 11.5 Å². The molecule has 1 heterocycles. The van der Waals surface area contributed by atoms with Gasteiger partial charge in [0.05, 0.1) is 19.9 Å². The summed E-state index contributed by atoms with van der Waals surface area (Å²) in [6, 6.07) is 14.1. The van der Waals surface area contributed by atoms with Crippen LogP contribution in [-0.2, 0) is 10.0 Å². The summed E-state index contributed by atoms with van der Waals surface area (Å²) in [5.74, 6) is 1.45. The minimum Gasteiger partial charge on any atom is -0.497 e. The Kier molecular flexibility index (Phi) is 4.50. The highest BCUT2D eigenvalue weighted by atomic mass is 32.2. The van der Waals surface area contributed by atoms with E-state index >= 15 is 0 Å². The van der Waals surface area contributed by atoms with Crippen LogP contribution in [0.15, 0.2) is 58.5 Å². The maximum Gasteiger partial charge on any atom is 0.285 e. The van der Waals surface area contributed by atoms with E-state index in [4.69, 9.17) is 9.47 Å². The van der Waals surface area contributed by atoms with Gasteiger partial charge in [-0.25, -0.2) is 0 Å². The van der Waals surface area contributed by atoms with Gasteiger partial charge in [0.1, 0.15) is 22.2 Å². The van der Waals surface area contributed by atoms with E-state index in [-0.39, 0.29) is 10.7 Å². The topological polar surface area (TPSA) is 77.0 Å². The van der Waals surface area contributed by atoms with E-state index in [1.54, 1.807) is 56.5 Å². The number of rotatable bonds is 4. The molecule has 1 aliphatic rings. The molecule has 2 aromatic rings. The molecule has 130 valence electrons. The number of nitrogens with one attached hydrogen (secondary N) is 1. The lowest BCUT2D eigenvalue weighted by molar-refractivity contribution is 0.395. The summed E-state index contributed by atoms with van der Waals surface area (Å²) in [4.78, 5) is 0.211. The molecule has 0 bridgehead atoms. The highest BCUT2D eigenvalue weighted by molar-refractivity contribution is 8.00. The van der Waals surface area contributed by atoms with Crippen LogP contribution in [0.2, 0.25) is 0 Å². The van der Waals surface area contributed by atoms with Crippen LogP contribution >= 0.6 is 0 Å². The molecule has 7 heteroatoms. The Bertz CT molecular complexity index is 964. The molecule has 1 aliphatic heterocycles. The van der Waals surface area contributed by atoms with E-state index in [0.717, 1.165) is 0 Å². The van der Waals surface area contributed by atoms with Crippen LogP contribution in [0.4, 0.5) is 5.69 Å². The molecule has 6 nitrogen and oxygen atoms in total. The summed E-state index contributed by atoms with van der Waals surface area (Å²) in [5.41, 5.74) is 1.78. The molecule has 1 N–H and O–H groups in total. The second-order valence-corrected chi connectivity index (χ2v) is 6.97. The molecular formula is C18H18N2O4S. The molecular weight excluding hydrogens is 340 g/mol. The zero-order valence-electron chi connectivity index (χ0n) is 14.1. The lowest BCUT2D eigenvalue weighted by Gasteiger charge is -2.12. The highest BCUT2D eigenvalue weighted by Gasteiger charge is 2.31. The van der Waals surface area contributed by atoms with E-state index in [1.165, 1.54) is 7.11 Å². The van der Waals surface area contributed by atoms with Gasteiger partial charge in [-0.05, 0) is 24.6 Å². The number of hydrogen-bond donors (Lipinski definition) is 1. The van der Waals surface area contributed by atoms with Gasteiger partial charge in [-0.1, -0.05) is 30.3 Å². The van der Waals surface area contributed by atoms with Crippen molar-refractivity contribution in [3.63, 3.8) is 0 Å².